The number of hydrogen-bond acceptors (Lipinski definition) is 4. The number of rotatable bonds is 4. The van der Waals surface area contributed by atoms with Crippen molar-refractivity contribution in [1.82, 2.24) is 4.72 Å². The molecule has 1 saturated carbocycles. The van der Waals surface area contributed by atoms with Crippen molar-refractivity contribution in [2.24, 2.45) is 0 Å². The first kappa shape index (κ1) is 15.9. The molecule has 0 unspecified atom stereocenters. The highest BCUT2D eigenvalue weighted by Gasteiger charge is 2.27. The summed E-state index contributed by atoms with van der Waals surface area (Å²) in [6.07, 6.45) is 4.51. The minimum atomic E-state index is -3.96. The maximum absolute atomic E-state index is 13.4. The molecule has 0 heterocycles. The van der Waals surface area contributed by atoms with Gasteiger partial charge in [0.1, 0.15) is 5.82 Å². The molecule has 1 aliphatic rings. The predicted octanol–water partition coefficient (Wildman–Crippen LogP) is 2.22. The molecule has 1 fully saturated rings. The number of hydrogen-bond donors (Lipinski definition) is 1. The highest BCUT2D eigenvalue weighted by atomic mass is 32.2. The number of esters is 1. The minimum absolute atomic E-state index is 0.165. The second kappa shape index (κ2) is 6.53. The fourth-order valence-electron chi connectivity index (χ4n) is 2.50. The molecule has 1 N–H and O–H groups in total. The van der Waals surface area contributed by atoms with Crippen LogP contribution >= 0.6 is 0 Å². The van der Waals surface area contributed by atoms with Crippen LogP contribution in [0.25, 0.3) is 0 Å². The summed E-state index contributed by atoms with van der Waals surface area (Å²) in [6, 6.07) is 2.83. The van der Waals surface area contributed by atoms with Crippen LogP contribution in [-0.4, -0.2) is 27.5 Å². The molecule has 0 amide bonds. The van der Waals surface area contributed by atoms with E-state index >= 15 is 0 Å². The molecule has 2 rings (SSSR count). The maximum atomic E-state index is 13.4. The van der Waals surface area contributed by atoms with Gasteiger partial charge in [-0.05, 0) is 31.0 Å². The Hall–Kier alpha value is -1.47. The monoisotopic (exact) mass is 315 g/mol. The van der Waals surface area contributed by atoms with Crippen LogP contribution in [0, 0.1) is 5.82 Å². The lowest BCUT2D eigenvalue weighted by atomic mass is 9.96. The van der Waals surface area contributed by atoms with Gasteiger partial charge in [0.05, 0.1) is 17.6 Å². The molecule has 1 aliphatic carbocycles. The number of halogens is 1. The van der Waals surface area contributed by atoms with E-state index in [0.717, 1.165) is 57.4 Å². The highest BCUT2D eigenvalue weighted by molar-refractivity contribution is 7.89. The summed E-state index contributed by atoms with van der Waals surface area (Å²) in [4.78, 5) is 11.3. The summed E-state index contributed by atoms with van der Waals surface area (Å²) >= 11 is 0. The average molecular weight is 315 g/mol. The van der Waals surface area contributed by atoms with Crippen molar-refractivity contribution in [2.75, 3.05) is 7.11 Å². The van der Waals surface area contributed by atoms with Crippen LogP contribution in [-0.2, 0) is 14.8 Å². The molecule has 0 bridgehead atoms. The molecule has 0 radical (unpaired) electrons. The van der Waals surface area contributed by atoms with Crippen LogP contribution in [0.4, 0.5) is 4.39 Å². The molecular formula is C14H18FNO4S. The first-order valence-corrected chi connectivity index (χ1v) is 8.32. The third-order valence-electron chi connectivity index (χ3n) is 3.57. The van der Waals surface area contributed by atoms with Crippen molar-refractivity contribution in [3.63, 3.8) is 0 Å². The van der Waals surface area contributed by atoms with Crippen LogP contribution in [0.1, 0.15) is 42.5 Å². The summed E-state index contributed by atoms with van der Waals surface area (Å²) < 4.78 is 45.3. The molecule has 7 heteroatoms. The van der Waals surface area contributed by atoms with Crippen LogP contribution in [0.15, 0.2) is 23.1 Å². The Labute approximate surface area is 123 Å². The molecule has 116 valence electrons. The Morgan fingerprint density at radius 2 is 1.95 bits per heavy atom. The summed E-state index contributed by atoms with van der Waals surface area (Å²) in [5.74, 6) is -1.52. The van der Waals surface area contributed by atoms with Crippen molar-refractivity contribution < 1.29 is 22.3 Å². The minimum Gasteiger partial charge on any atom is -0.465 e. The molecule has 1 aromatic rings. The largest absolute Gasteiger partial charge is 0.465 e. The maximum Gasteiger partial charge on any atom is 0.339 e. The van der Waals surface area contributed by atoms with E-state index in [4.69, 9.17) is 0 Å². The van der Waals surface area contributed by atoms with Crippen LogP contribution in [0.3, 0.4) is 0 Å². The van der Waals surface area contributed by atoms with Crippen molar-refractivity contribution in [2.45, 2.75) is 43.0 Å². The van der Waals surface area contributed by atoms with E-state index in [-0.39, 0.29) is 16.5 Å². The number of sulfonamides is 1. The van der Waals surface area contributed by atoms with Gasteiger partial charge in [-0.2, -0.15) is 0 Å². The second-order valence-corrected chi connectivity index (χ2v) is 6.77. The standard InChI is InChI=1S/C14H18FNO4S/c1-20-14(17)12-8-7-10(15)9-13(12)21(18,19)16-11-5-3-2-4-6-11/h7-9,11,16H,2-6H2,1H3. The van der Waals surface area contributed by atoms with Gasteiger partial charge in [-0.15, -0.1) is 0 Å². The Morgan fingerprint density at radius 3 is 2.57 bits per heavy atom. The van der Waals surface area contributed by atoms with Crippen molar-refractivity contribution >= 4 is 16.0 Å². The average Bonchev–Trinajstić information content (AvgIpc) is 2.47. The Balaban J connectivity index is 2.33. The topological polar surface area (TPSA) is 72.5 Å². The van der Waals surface area contributed by atoms with E-state index in [1.54, 1.807) is 0 Å². The van der Waals surface area contributed by atoms with E-state index in [1.165, 1.54) is 0 Å². The zero-order valence-electron chi connectivity index (χ0n) is 11.8. The van der Waals surface area contributed by atoms with Gasteiger partial charge < -0.3 is 4.74 Å². The third-order valence-corrected chi connectivity index (χ3v) is 5.13. The molecule has 1 aromatic carbocycles. The first-order valence-electron chi connectivity index (χ1n) is 6.84. The van der Waals surface area contributed by atoms with Crippen LogP contribution < -0.4 is 4.72 Å². The van der Waals surface area contributed by atoms with Crippen molar-refractivity contribution in [1.29, 1.82) is 0 Å². The number of methoxy groups -OCH3 is 1. The van der Waals surface area contributed by atoms with Gasteiger partial charge in [0, 0.05) is 6.04 Å². The molecule has 0 atom stereocenters. The molecular weight excluding hydrogens is 297 g/mol. The van der Waals surface area contributed by atoms with Crippen molar-refractivity contribution in [3.8, 4) is 0 Å². The lowest BCUT2D eigenvalue weighted by molar-refractivity contribution is 0.0596. The molecule has 0 spiro atoms. The summed E-state index contributed by atoms with van der Waals surface area (Å²) in [6.45, 7) is 0. The number of carbonyl (C=O) groups is 1. The Morgan fingerprint density at radius 1 is 1.29 bits per heavy atom. The van der Waals surface area contributed by atoms with Gasteiger partial charge in [-0.1, -0.05) is 19.3 Å². The lowest BCUT2D eigenvalue weighted by Crippen LogP contribution is -2.36. The fourth-order valence-corrected chi connectivity index (χ4v) is 4.01. The summed E-state index contributed by atoms with van der Waals surface area (Å²) in [5.41, 5.74) is -0.165. The van der Waals surface area contributed by atoms with Gasteiger partial charge in [0.15, 0.2) is 0 Å². The van der Waals surface area contributed by atoms with Gasteiger partial charge in [-0.3, -0.25) is 0 Å². The van der Waals surface area contributed by atoms with Crippen LogP contribution in [0.2, 0.25) is 0 Å². The van der Waals surface area contributed by atoms with Crippen LogP contribution in [0.5, 0.6) is 0 Å². The van der Waals surface area contributed by atoms with E-state index < -0.39 is 21.8 Å². The summed E-state index contributed by atoms with van der Waals surface area (Å²) in [5, 5.41) is 0. The van der Waals surface area contributed by atoms with E-state index in [9.17, 15) is 17.6 Å². The van der Waals surface area contributed by atoms with Gasteiger partial charge in [-0.25, -0.2) is 22.3 Å². The van der Waals surface area contributed by atoms with Gasteiger partial charge >= 0.3 is 5.97 Å². The molecule has 0 aliphatic heterocycles. The fraction of sp³-hybridized carbons (Fsp3) is 0.500. The van der Waals surface area contributed by atoms with E-state index in [2.05, 4.69) is 9.46 Å². The number of ether oxygens (including phenoxy) is 1. The first-order chi connectivity index (χ1) is 9.94. The third kappa shape index (κ3) is 3.79. The second-order valence-electron chi connectivity index (χ2n) is 5.09. The quantitative estimate of drug-likeness (QED) is 0.865. The number of nitrogens with one attached hydrogen (secondary N) is 1. The smallest absolute Gasteiger partial charge is 0.339 e. The van der Waals surface area contributed by atoms with Gasteiger partial charge in [0.2, 0.25) is 10.0 Å². The van der Waals surface area contributed by atoms with Crippen molar-refractivity contribution in [3.05, 3.63) is 29.6 Å². The Kier molecular flexibility index (Phi) is 4.95. The predicted molar refractivity (Wildman–Crippen MR) is 74.9 cm³/mol. The Bertz CT molecular complexity index is 624. The lowest BCUT2D eigenvalue weighted by Gasteiger charge is -2.23. The highest BCUT2D eigenvalue weighted by Crippen LogP contribution is 2.22. The SMILES string of the molecule is COC(=O)c1ccc(F)cc1S(=O)(=O)NC1CCCCC1. The zero-order valence-corrected chi connectivity index (χ0v) is 12.6. The van der Waals surface area contributed by atoms with E-state index in [1.807, 2.05) is 0 Å². The van der Waals surface area contributed by atoms with Gasteiger partial charge in [0.25, 0.3) is 0 Å². The molecule has 5 nitrogen and oxygen atoms in total. The number of benzene rings is 1. The number of carbonyl (C=O) groups excluding carboxylic acids is 1. The molecule has 0 aromatic heterocycles. The molecule has 21 heavy (non-hydrogen) atoms. The molecule has 0 saturated heterocycles. The summed E-state index contributed by atoms with van der Waals surface area (Å²) in [7, 11) is -2.81. The zero-order chi connectivity index (χ0) is 15.5. The normalized spacial score (nSPS) is 16.7. The van der Waals surface area contributed by atoms with E-state index in [0.29, 0.717) is 0 Å².